The molecule has 0 spiro atoms. The maximum absolute atomic E-state index is 12.6. The van der Waals surface area contributed by atoms with Gasteiger partial charge < -0.3 is 0 Å². The van der Waals surface area contributed by atoms with Crippen LogP contribution in [-0.2, 0) is 0 Å². The summed E-state index contributed by atoms with van der Waals surface area (Å²) in [7, 11) is 0. The topological polar surface area (TPSA) is 106 Å². The normalized spacial score (nSPS) is 11.2. The van der Waals surface area contributed by atoms with E-state index in [1.165, 1.54) is 28.9 Å². The average Bonchev–Trinajstić information content (AvgIpc) is 2.89. The van der Waals surface area contributed by atoms with Crippen molar-refractivity contribution in [1.82, 2.24) is 9.78 Å². The van der Waals surface area contributed by atoms with Gasteiger partial charge in [-0.1, -0.05) is 17.7 Å². The molecule has 1 heterocycles. The predicted octanol–water partition coefficient (Wildman–Crippen LogP) is 4.41. The number of rotatable bonds is 4. The maximum atomic E-state index is 12.6. The highest BCUT2D eigenvalue weighted by molar-refractivity contribution is 5.49. The molecule has 0 atom stereocenters. The first-order valence-corrected chi connectivity index (χ1v) is 7.92. The molecule has 0 radical (unpaired) electrons. The van der Waals surface area contributed by atoms with E-state index < -0.39 is 4.92 Å². The summed E-state index contributed by atoms with van der Waals surface area (Å²) in [5.41, 5.74) is 3.61. The first kappa shape index (κ1) is 17.3. The maximum Gasteiger partial charge on any atom is 0.299 e. The zero-order valence-corrected chi connectivity index (χ0v) is 14.6. The van der Waals surface area contributed by atoms with Crippen molar-refractivity contribution in [3.63, 3.8) is 0 Å². The van der Waals surface area contributed by atoms with Gasteiger partial charge in [-0.15, -0.1) is 5.11 Å². The van der Waals surface area contributed by atoms with Crippen LogP contribution in [0.3, 0.4) is 0 Å². The zero-order valence-electron chi connectivity index (χ0n) is 14.6. The van der Waals surface area contributed by atoms with Crippen LogP contribution in [0.4, 0.5) is 17.1 Å². The number of hydrogen-bond donors (Lipinski definition) is 1. The molecule has 0 aliphatic carbocycles. The Hall–Kier alpha value is -3.55. The molecule has 0 aliphatic rings. The van der Waals surface area contributed by atoms with Crippen LogP contribution < -0.4 is 5.56 Å². The monoisotopic (exact) mass is 351 g/mol. The smallest absolute Gasteiger partial charge is 0.293 e. The molecule has 0 amide bonds. The van der Waals surface area contributed by atoms with E-state index in [0.717, 1.165) is 11.1 Å². The summed E-state index contributed by atoms with van der Waals surface area (Å²) in [6, 6.07) is 11.5. The Bertz CT molecular complexity index is 1060. The van der Waals surface area contributed by atoms with Crippen LogP contribution in [0.2, 0.25) is 0 Å². The number of aryl methyl sites for hydroxylation is 3. The third-order valence-corrected chi connectivity index (χ3v) is 3.97. The number of aromatic amines is 1. The number of nitro groups is 1. The molecule has 3 aromatic rings. The van der Waals surface area contributed by atoms with Crippen LogP contribution >= 0.6 is 0 Å². The summed E-state index contributed by atoms with van der Waals surface area (Å²) in [5, 5.41) is 22.0. The first-order chi connectivity index (χ1) is 12.4. The fraction of sp³-hybridized carbons (Fsp3) is 0.167. The number of aromatic nitrogens is 2. The second kappa shape index (κ2) is 6.75. The summed E-state index contributed by atoms with van der Waals surface area (Å²) in [5.74, 6) is 0. The van der Waals surface area contributed by atoms with Gasteiger partial charge in [-0.25, -0.2) is 4.68 Å². The van der Waals surface area contributed by atoms with E-state index in [1.807, 2.05) is 32.0 Å². The molecule has 132 valence electrons. The molecule has 3 rings (SSSR count). The Morgan fingerprint density at radius 2 is 1.73 bits per heavy atom. The minimum Gasteiger partial charge on any atom is -0.293 e. The van der Waals surface area contributed by atoms with Crippen molar-refractivity contribution in [3.05, 3.63) is 79.8 Å². The minimum absolute atomic E-state index is 0.0418. The highest BCUT2D eigenvalue weighted by Gasteiger charge is 2.13. The summed E-state index contributed by atoms with van der Waals surface area (Å²) < 4.78 is 1.29. The lowest BCUT2D eigenvalue weighted by Crippen LogP contribution is -2.13. The van der Waals surface area contributed by atoms with Gasteiger partial charge in [0, 0.05) is 12.1 Å². The quantitative estimate of drug-likeness (QED) is 0.427. The molecule has 8 heteroatoms. The summed E-state index contributed by atoms with van der Waals surface area (Å²) in [4.78, 5) is 22.9. The molecule has 0 saturated carbocycles. The number of non-ortho nitro benzene ring substituents is 1. The largest absolute Gasteiger partial charge is 0.299 e. The van der Waals surface area contributed by atoms with E-state index >= 15 is 0 Å². The average molecular weight is 351 g/mol. The van der Waals surface area contributed by atoms with Crippen molar-refractivity contribution in [1.29, 1.82) is 0 Å². The SMILES string of the molecule is Cc1ccc(N=Nc2c(C)[nH]n(-c3ccc([N+](=O)[O-])cc3)c2=O)c(C)c1. The molecule has 0 fully saturated rings. The number of H-pyrrole nitrogens is 1. The van der Waals surface area contributed by atoms with Gasteiger partial charge >= 0.3 is 0 Å². The highest BCUT2D eigenvalue weighted by atomic mass is 16.6. The third-order valence-electron chi connectivity index (χ3n) is 3.97. The van der Waals surface area contributed by atoms with E-state index in [-0.39, 0.29) is 16.9 Å². The van der Waals surface area contributed by atoms with Crippen LogP contribution in [0.15, 0.2) is 57.5 Å². The Morgan fingerprint density at radius 1 is 1.04 bits per heavy atom. The van der Waals surface area contributed by atoms with Crippen molar-refractivity contribution in [2.24, 2.45) is 10.2 Å². The lowest BCUT2D eigenvalue weighted by atomic mass is 10.1. The molecule has 2 aromatic carbocycles. The summed E-state index contributed by atoms with van der Waals surface area (Å²) >= 11 is 0. The molecule has 0 unspecified atom stereocenters. The molecule has 26 heavy (non-hydrogen) atoms. The molecule has 0 saturated heterocycles. The van der Waals surface area contributed by atoms with Crippen LogP contribution in [0, 0.1) is 30.9 Å². The van der Waals surface area contributed by atoms with Crippen LogP contribution in [-0.4, -0.2) is 14.7 Å². The number of benzene rings is 2. The Balaban J connectivity index is 1.96. The van der Waals surface area contributed by atoms with E-state index in [4.69, 9.17) is 0 Å². The van der Waals surface area contributed by atoms with Crippen LogP contribution in [0.25, 0.3) is 5.69 Å². The molecular weight excluding hydrogens is 334 g/mol. The van der Waals surface area contributed by atoms with Crippen molar-refractivity contribution in [2.75, 3.05) is 0 Å². The van der Waals surface area contributed by atoms with Crippen LogP contribution in [0.5, 0.6) is 0 Å². The van der Waals surface area contributed by atoms with Gasteiger partial charge in [0.05, 0.1) is 22.0 Å². The standard InChI is InChI=1S/C18H17N5O3/c1-11-4-9-16(12(2)10-11)19-20-17-13(3)21-22(18(17)24)14-5-7-15(8-6-14)23(25)26/h4-10,21H,1-3H3. The molecule has 0 aliphatic heterocycles. The highest BCUT2D eigenvalue weighted by Crippen LogP contribution is 2.23. The van der Waals surface area contributed by atoms with Gasteiger partial charge in [0.2, 0.25) is 0 Å². The van der Waals surface area contributed by atoms with E-state index in [1.54, 1.807) is 6.92 Å². The number of nitrogens with zero attached hydrogens (tertiary/aromatic N) is 4. The predicted molar refractivity (Wildman–Crippen MR) is 97.9 cm³/mol. The number of nitro benzene ring substituents is 1. The van der Waals surface area contributed by atoms with Gasteiger partial charge in [-0.2, -0.15) is 5.11 Å². The number of nitrogens with one attached hydrogen (secondary N) is 1. The van der Waals surface area contributed by atoms with E-state index in [2.05, 4.69) is 15.3 Å². The lowest BCUT2D eigenvalue weighted by Gasteiger charge is -2.00. The third kappa shape index (κ3) is 3.30. The summed E-state index contributed by atoms with van der Waals surface area (Å²) in [6.07, 6.45) is 0. The fourth-order valence-electron chi connectivity index (χ4n) is 2.58. The molecule has 0 bridgehead atoms. The zero-order chi connectivity index (χ0) is 18.8. The molecular formula is C18H17N5O3. The minimum atomic E-state index is -0.490. The lowest BCUT2D eigenvalue weighted by molar-refractivity contribution is -0.384. The Morgan fingerprint density at radius 3 is 2.35 bits per heavy atom. The Labute approximate surface area is 149 Å². The molecule has 1 N–H and O–H groups in total. The van der Waals surface area contributed by atoms with Crippen molar-refractivity contribution in [3.8, 4) is 5.69 Å². The van der Waals surface area contributed by atoms with Gasteiger partial charge in [0.15, 0.2) is 5.69 Å². The van der Waals surface area contributed by atoms with Gasteiger partial charge in [-0.05, 0) is 44.5 Å². The fourth-order valence-corrected chi connectivity index (χ4v) is 2.58. The van der Waals surface area contributed by atoms with Gasteiger partial charge in [-0.3, -0.25) is 20.0 Å². The second-order valence-electron chi connectivity index (χ2n) is 5.99. The van der Waals surface area contributed by atoms with Crippen molar-refractivity contribution < 1.29 is 4.92 Å². The first-order valence-electron chi connectivity index (χ1n) is 7.92. The molecule has 8 nitrogen and oxygen atoms in total. The molecule has 1 aromatic heterocycles. The summed E-state index contributed by atoms with van der Waals surface area (Å²) in [6.45, 7) is 5.65. The van der Waals surface area contributed by atoms with Crippen molar-refractivity contribution in [2.45, 2.75) is 20.8 Å². The van der Waals surface area contributed by atoms with Gasteiger partial charge in [0.1, 0.15) is 0 Å². The van der Waals surface area contributed by atoms with E-state index in [9.17, 15) is 14.9 Å². The van der Waals surface area contributed by atoms with Crippen molar-refractivity contribution >= 4 is 17.1 Å². The second-order valence-corrected chi connectivity index (χ2v) is 5.99. The van der Waals surface area contributed by atoms with Crippen LogP contribution in [0.1, 0.15) is 16.8 Å². The number of azo groups is 1. The number of hydrogen-bond acceptors (Lipinski definition) is 5. The van der Waals surface area contributed by atoms with Gasteiger partial charge in [0.25, 0.3) is 11.2 Å². The van der Waals surface area contributed by atoms with E-state index in [0.29, 0.717) is 17.1 Å². The Kier molecular flexibility index (Phi) is 4.49.